The van der Waals surface area contributed by atoms with Gasteiger partial charge < -0.3 is 19.7 Å². The minimum atomic E-state index is -0.944. The Balaban J connectivity index is 2.03. The first-order chi connectivity index (χ1) is 10.1. The SMILES string of the molecule is CN(Cc1ccco1)C(=O)Nc1ccccc1CC(=O)O. The lowest BCUT2D eigenvalue weighted by Crippen LogP contribution is -2.31. The van der Waals surface area contributed by atoms with Crippen molar-refractivity contribution in [3.05, 3.63) is 54.0 Å². The van der Waals surface area contributed by atoms with Crippen molar-refractivity contribution in [1.29, 1.82) is 0 Å². The fourth-order valence-electron chi connectivity index (χ4n) is 1.88. The van der Waals surface area contributed by atoms with E-state index in [1.54, 1.807) is 49.7 Å². The van der Waals surface area contributed by atoms with E-state index in [2.05, 4.69) is 5.32 Å². The Kier molecular flexibility index (Phi) is 4.61. The first-order valence-electron chi connectivity index (χ1n) is 6.40. The van der Waals surface area contributed by atoms with E-state index >= 15 is 0 Å². The van der Waals surface area contributed by atoms with Crippen molar-refractivity contribution in [2.24, 2.45) is 0 Å². The van der Waals surface area contributed by atoms with Crippen LogP contribution in [0.4, 0.5) is 10.5 Å². The molecular formula is C15H16N2O4. The molecule has 0 fully saturated rings. The van der Waals surface area contributed by atoms with E-state index in [0.717, 1.165) is 0 Å². The predicted molar refractivity (Wildman–Crippen MR) is 77.0 cm³/mol. The number of furan rings is 1. The molecule has 0 radical (unpaired) electrons. The summed E-state index contributed by atoms with van der Waals surface area (Å²) >= 11 is 0. The highest BCUT2D eigenvalue weighted by molar-refractivity contribution is 5.90. The Hall–Kier alpha value is -2.76. The van der Waals surface area contributed by atoms with E-state index in [0.29, 0.717) is 23.6 Å². The largest absolute Gasteiger partial charge is 0.481 e. The van der Waals surface area contributed by atoms with Gasteiger partial charge in [-0.2, -0.15) is 0 Å². The van der Waals surface area contributed by atoms with Gasteiger partial charge in [-0.1, -0.05) is 18.2 Å². The smallest absolute Gasteiger partial charge is 0.322 e. The van der Waals surface area contributed by atoms with Crippen LogP contribution in [0.1, 0.15) is 11.3 Å². The average molecular weight is 288 g/mol. The number of rotatable bonds is 5. The molecule has 0 unspecified atom stereocenters. The van der Waals surface area contributed by atoms with Crippen molar-refractivity contribution >= 4 is 17.7 Å². The summed E-state index contributed by atoms with van der Waals surface area (Å²) in [4.78, 5) is 24.4. The number of amides is 2. The van der Waals surface area contributed by atoms with Crippen molar-refractivity contribution in [1.82, 2.24) is 4.90 Å². The van der Waals surface area contributed by atoms with Gasteiger partial charge >= 0.3 is 12.0 Å². The number of hydrogen-bond acceptors (Lipinski definition) is 3. The molecule has 1 aromatic carbocycles. The van der Waals surface area contributed by atoms with Crippen LogP contribution in [0.25, 0.3) is 0 Å². The molecule has 6 heteroatoms. The number of hydrogen-bond donors (Lipinski definition) is 2. The molecule has 6 nitrogen and oxygen atoms in total. The third-order valence-electron chi connectivity index (χ3n) is 2.92. The maximum atomic E-state index is 12.1. The van der Waals surface area contributed by atoms with Gasteiger partial charge in [0.2, 0.25) is 0 Å². The molecule has 1 aromatic heterocycles. The molecular weight excluding hydrogens is 272 g/mol. The van der Waals surface area contributed by atoms with Crippen molar-refractivity contribution in [2.45, 2.75) is 13.0 Å². The number of para-hydroxylation sites is 1. The molecule has 2 N–H and O–H groups in total. The van der Waals surface area contributed by atoms with Gasteiger partial charge in [-0.05, 0) is 23.8 Å². The van der Waals surface area contributed by atoms with Crippen LogP contribution in [0.5, 0.6) is 0 Å². The Morgan fingerprint density at radius 3 is 2.67 bits per heavy atom. The Morgan fingerprint density at radius 2 is 2.00 bits per heavy atom. The molecule has 0 spiro atoms. The number of carboxylic acid groups (broad SMARTS) is 1. The molecule has 21 heavy (non-hydrogen) atoms. The topological polar surface area (TPSA) is 82.8 Å². The van der Waals surface area contributed by atoms with Gasteiger partial charge in [0.15, 0.2) is 0 Å². The number of urea groups is 1. The number of carbonyl (C=O) groups is 2. The number of aliphatic carboxylic acids is 1. The number of carbonyl (C=O) groups excluding carboxylic acids is 1. The summed E-state index contributed by atoms with van der Waals surface area (Å²) in [5, 5.41) is 11.6. The van der Waals surface area contributed by atoms with Crippen LogP contribution in [-0.4, -0.2) is 29.1 Å². The second kappa shape index (κ2) is 6.60. The zero-order valence-corrected chi connectivity index (χ0v) is 11.6. The van der Waals surface area contributed by atoms with E-state index in [4.69, 9.17) is 9.52 Å². The lowest BCUT2D eigenvalue weighted by atomic mass is 10.1. The van der Waals surface area contributed by atoms with Crippen LogP contribution in [0, 0.1) is 0 Å². The molecule has 2 rings (SSSR count). The number of carboxylic acids is 1. The van der Waals surface area contributed by atoms with E-state index in [1.807, 2.05) is 0 Å². The molecule has 2 amide bonds. The van der Waals surface area contributed by atoms with Gasteiger partial charge in [0.25, 0.3) is 0 Å². The lowest BCUT2D eigenvalue weighted by Gasteiger charge is -2.18. The summed E-state index contributed by atoms with van der Waals surface area (Å²) in [6, 6.07) is 10.0. The van der Waals surface area contributed by atoms with Crippen LogP contribution < -0.4 is 5.32 Å². The fourth-order valence-corrected chi connectivity index (χ4v) is 1.88. The summed E-state index contributed by atoms with van der Waals surface area (Å²) in [7, 11) is 1.64. The molecule has 2 aromatic rings. The van der Waals surface area contributed by atoms with Gasteiger partial charge in [-0.3, -0.25) is 4.79 Å². The van der Waals surface area contributed by atoms with Crippen LogP contribution in [-0.2, 0) is 17.8 Å². The maximum Gasteiger partial charge on any atom is 0.322 e. The molecule has 110 valence electrons. The van der Waals surface area contributed by atoms with Crippen LogP contribution in [0.2, 0.25) is 0 Å². The van der Waals surface area contributed by atoms with Crippen LogP contribution >= 0.6 is 0 Å². The van der Waals surface area contributed by atoms with Crippen molar-refractivity contribution < 1.29 is 19.1 Å². The fraction of sp³-hybridized carbons (Fsp3) is 0.200. The summed E-state index contributed by atoms with van der Waals surface area (Å²) in [5.74, 6) is -0.271. The normalized spacial score (nSPS) is 10.1. The number of benzene rings is 1. The van der Waals surface area contributed by atoms with Crippen LogP contribution in [0.15, 0.2) is 47.1 Å². The summed E-state index contributed by atoms with van der Waals surface area (Å²) in [6.07, 6.45) is 1.40. The van der Waals surface area contributed by atoms with E-state index in [-0.39, 0.29) is 12.5 Å². The van der Waals surface area contributed by atoms with Crippen molar-refractivity contribution in [3.8, 4) is 0 Å². The monoisotopic (exact) mass is 288 g/mol. The first-order valence-corrected chi connectivity index (χ1v) is 6.40. The lowest BCUT2D eigenvalue weighted by molar-refractivity contribution is -0.136. The number of anilines is 1. The van der Waals surface area contributed by atoms with Gasteiger partial charge in [-0.15, -0.1) is 0 Å². The molecule has 0 bridgehead atoms. The predicted octanol–water partition coefficient (Wildman–Crippen LogP) is 2.57. The third-order valence-corrected chi connectivity index (χ3v) is 2.92. The molecule has 0 aliphatic heterocycles. The van der Waals surface area contributed by atoms with Gasteiger partial charge in [0.05, 0.1) is 19.2 Å². The first kappa shape index (κ1) is 14.6. The minimum Gasteiger partial charge on any atom is -0.481 e. The molecule has 0 saturated heterocycles. The summed E-state index contributed by atoms with van der Waals surface area (Å²) in [5.41, 5.74) is 1.06. The van der Waals surface area contributed by atoms with Gasteiger partial charge in [-0.25, -0.2) is 4.79 Å². The second-order valence-electron chi connectivity index (χ2n) is 4.59. The van der Waals surface area contributed by atoms with E-state index in [1.165, 1.54) is 4.90 Å². The highest BCUT2D eigenvalue weighted by atomic mass is 16.4. The molecule has 1 heterocycles. The Labute approximate surface area is 122 Å². The summed E-state index contributed by atoms with van der Waals surface area (Å²) < 4.78 is 5.18. The molecule has 0 aliphatic carbocycles. The highest BCUT2D eigenvalue weighted by Crippen LogP contribution is 2.16. The Morgan fingerprint density at radius 1 is 1.24 bits per heavy atom. The quantitative estimate of drug-likeness (QED) is 0.885. The van der Waals surface area contributed by atoms with E-state index in [9.17, 15) is 9.59 Å². The maximum absolute atomic E-state index is 12.1. The zero-order valence-electron chi connectivity index (χ0n) is 11.6. The molecule has 0 aliphatic rings. The second-order valence-corrected chi connectivity index (χ2v) is 4.59. The molecule has 0 atom stereocenters. The van der Waals surface area contributed by atoms with Crippen molar-refractivity contribution in [3.63, 3.8) is 0 Å². The number of nitrogens with zero attached hydrogens (tertiary/aromatic N) is 1. The Bertz CT molecular complexity index is 622. The van der Waals surface area contributed by atoms with E-state index < -0.39 is 5.97 Å². The standard InChI is InChI=1S/C15H16N2O4/c1-17(10-12-6-4-8-21-12)15(20)16-13-7-3-2-5-11(13)9-14(18)19/h2-8H,9-10H2,1H3,(H,16,20)(H,18,19). The average Bonchev–Trinajstić information content (AvgIpc) is 2.93. The van der Waals surface area contributed by atoms with Crippen molar-refractivity contribution in [2.75, 3.05) is 12.4 Å². The summed E-state index contributed by atoms with van der Waals surface area (Å²) in [6.45, 7) is 0.333. The minimum absolute atomic E-state index is 0.141. The zero-order chi connectivity index (χ0) is 15.2. The molecule has 0 saturated carbocycles. The number of nitrogens with one attached hydrogen (secondary N) is 1. The van der Waals surface area contributed by atoms with Gasteiger partial charge in [0.1, 0.15) is 5.76 Å². The third kappa shape index (κ3) is 4.10. The van der Waals surface area contributed by atoms with Gasteiger partial charge in [0, 0.05) is 12.7 Å². The van der Waals surface area contributed by atoms with Crippen LogP contribution in [0.3, 0.4) is 0 Å². The highest BCUT2D eigenvalue weighted by Gasteiger charge is 2.13.